The molecule has 0 saturated carbocycles. The minimum absolute atomic E-state index is 0.0503. The van der Waals surface area contributed by atoms with E-state index in [2.05, 4.69) is 5.32 Å². The Kier molecular flexibility index (Phi) is 5.39. The van der Waals surface area contributed by atoms with Gasteiger partial charge in [0.2, 0.25) is 12.7 Å². The van der Waals surface area contributed by atoms with E-state index in [0.717, 1.165) is 21.8 Å². The lowest BCUT2D eigenvalue weighted by molar-refractivity contribution is -0.120. The Morgan fingerprint density at radius 2 is 1.75 bits per heavy atom. The first-order valence-corrected chi connectivity index (χ1v) is 9.80. The van der Waals surface area contributed by atoms with Crippen LogP contribution in [0, 0.1) is 0 Å². The van der Waals surface area contributed by atoms with Crippen LogP contribution < -0.4 is 20.5 Å². The molecular formula is C22H20N2O3S. The van der Waals surface area contributed by atoms with Gasteiger partial charge in [-0.15, -0.1) is 11.8 Å². The van der Waals surface area contributed by atoms with Gasteiger partial charge in [0, 0.05) is 17.1 Å². The fraction of sp³-hybridized carbons (Fsp3) is 0.136. The summed E-state index contributed by atoms with van der Waals surface area (Å²) in [6, 6.07) is 23.0. The fourth-order valence-corrected chi connectivity index (χ4v) is 3.97. The topological polar surface area (TPSA) is 73.6 Å². The van der Waals surface area contributed by atoms with E-state index in [9.17, 15) is 4.79 Å². The molecule has 0 bridgehead atoms. The number of anilines is 1. The van der Waals surface area contributed by atoms with E-state index in [1.165, 1.54) is 11.8 Å². The quantitative estimate of drug-likeness (QED) is 0.487. The number of ether oxygens (including phenoxy) is 2. The molecule has 0 spiro atoms. The van der Waals surface area contributed by atoms with Crippen molar-refractivity contribution in [2.45, 2.75) is 16.7 Å². The Labute approximate surface area is 167 Å². The first-order valence-electron chi connectivity index (χ1n) is 8.92. The van der Waals surface area contributed by atoms with Crippen LogP contribution in [0.3, 0.4) is 0 Å². The molecule has 0 aliphatic carbocycles. The zero-order chi connectivity index (χ0) is 19.3. The third-order valence-electron chi connectivity index (χ3n) is 4.38. The highest BCUT2D eigenvalue weighted by atomic mass is 32.2. The van der Waals surface area contributed by atoms with E-state index in [0.29, 0.717) is 18.0 Å². The molecule has 5 nitrogen and oxygen atoms in total. The molecule has 0 saturated heterocycles. The van der Waals surface area contributed by atoms with Crippen LogP contribution in [0.2, 0.25) is 0 Å². The van der Waals surface area contributed by atoms with E-state index >= 15 is 0 Å². The van der Waals surface area contributed by atoms with Gasteiger partial charge in [-0.3, -0.25) is 4.79 Å². The van der Waals surface area contributed by atoms with Crippen LogP contribution in [0.4, 0.5) is 5.69 Å². The second-order valence-electron chi connectivity index (χ2n) is 6.38. The molecule has 28 heavy (non-hydrogen) atoms. The van der Waals surface area contributed by atoms with Crippen molar-refractivity contribution < 1.29 is 14.3 Å². The molecule has 0 aromatic heterocycles. The van der Waals surface area contributed by atoms with E-state index in [-0.39, 0.29) is 18.0 Å². The van der Waals surface area contributed by atoms with Gasteiger partial charge in [0.25, 0.3) is 0 Å². The number of fused-ring (bicyclic) bond motifs is 1. The number of nitrogen functional groups attached to an aromatic ring is 1. The van der Waals surface area contributed by atoms with Gasteiger partial charge >= 0.3 is 0 Å². The van der Waals surface area contributed by atoms with Crippen molar-refractivity contribution in [2.24, 2.45) is 0 Å². The molecule has 1 aliphatic heterocycles. The van der Waals surface area contributed by atoms with Gasteiger partial charge in [0.15, 0.2) is 11.5 Å². The van der Waals surface area contributed by atoms with Gasteiger partial charge in [-0.05, 0) is 47.5 Å². The number of thioether (sulfide) groups is 1. The van der Waals surface area contributed by atoms with Crippen molar-refractivity contribution >= 4 is 23.4 Å². The summed E-state index contributed by atoms with van der Waals surface area (Å²) in [7, 11) is 0. The normalized spacial score (nSPS) is 13.1. The summed E-state index contributed by atoms with van der Waals surface area (Å²) in [6.45, 7) is 0.653. The number of hydrogen-bond acceptors (Lipinski definition) is 5. The van der Waals surface area contributed by atoms with E-state index < -0.39 is 0 Å². The number of nitrogens with one attached hydrogen (secondary N) is 1. The third kappa shape index (κ3) is 4.23. The molecule has 1 heterocycles. The van der Waals surface area contributed by atoms with Crippen LogP contribution in [-0.4, -0.2) is 12.7 Å². The summed E-state index contributed by atoms with van der Waals surface area (Å²) in [5.41, 5.74) is 8.38. The minimum Gasteiger partial charge on any atom is -0.454 e. The largest absolute Gasteiger partial charge is 0.454 e. The zero-order valence-corrected chi connectivity index (χ0v) is 15.9. The van der Waals surface area contributed by atoms with Crippen molar-refractivity contribution in [3.63, 3.8) is 0 Å². The number of amides is 1. The minimum atomic E-state index is -0.362. The zero-order valence-electron chi connectivity index (χ0n) is 15.1. The van der Waals surface area contributed by atoms with Crippen molar-refractivity contribution in [2.75, 3.05) is 12.5 Å². The molecule has 142 valence electrons. The summed E-state index contributed by atoms with van der Waals surface area (Å²) < 4.78 is 10.7. The fourth-order valence-electron chi connectivity index (χ4n) is 2.92. The molecule has 3 N–H and O–H groups in total. The number of nitrogens with two attached hydrogens (primary N) is 1. The first-order chi connectivity index (χ1) is 13.7. The summed E-state index contributed by atoms with van der Waals surface area (Å²) in [5.74, 6) is 1.39. The number of rotatable bonds is 6. The standard InChI is InChI=1S/C22H20N2O3S/c23-17-7-9-18(10-8-17)28-21(16-4-2-1-3-5-16)22(25)24-13-15-6-11-19-20(12-15)27-14-26-19/h1-12,21H,13-14,23H2,(H,24,25). The van der Waals surface area contributed by atoms with Crippen molar-refractivity contribution in [3.8, 4) is 11.5 Å². The monoisotopic (exact) mass is 392 g/mol. The number of carbonyl (C=O) groups excluding carboxylic acids is 1. The molecule has 3 aromatic rings. The molecular weight excluding hydrogens is 372 g/mol. The maximum absolute atomic E-state index is 13.0. The number of carbonyl (C=O) groups is 1. The van der Waals surface area contributed by atoms with Crippen LogP contribution in [0.5, 0.6) is 11.5 Å². The van der Waals surface area contributed by atoms with Crippen LogP contribution in [0.25, 0.3) is 0 Å². The van der Waals surface area contributed by atoms with Crippen molar-refractivity contribution in [1.82, 2.24) is 5.32 Å². The lowest BCUT2D eigenvalue weighted by Gasteiger charge is -2.17. The molecule has 0 fully saturated rings. The highest BCUT2D eigenvalue weighted by Crippen LogP contribution is 2.36. The maximum Gasteiger partial charge on any atom is 0.238 e. The predicted molar refractivity (Wildman–Crippen MR) is 110 cm³/mol. The van der Waals surface area contributed by atoms with Gasteiger partial charge in [0.1, 0.15) is 5.25 Å². The molecule has 0 radical (unpaired) electrons. The Hall–Kier alpha value is -3.12. The van der Waals surface area contributed by atoms with Gasteiger partial charge in [-0.2, -0.15) is 0 Å². The number of hydrogen-bond donors (Lipinski definition) is 2. The Morgan fingerprint density at radius 3 is 2.54 bits per heavy atom. The Bertz CT molecular complexity index is 961. The highest BCUT2D eigenvalue weighted by molar-refractivity contribution is 8.00. The van der Waals surface area contributed by atoms with E-state index in [4.69, 9.17) is 15.2 Å². The maximum atomic E-state index is 13.0. The van der Waals surface area contributed by atoms with Crippen LogP contribution in [0.15, 0.2) is 77.7 Å². The van der Waals surface area contributed by atoms with Gasteiger partial charge in [-0.1, -0.05) is 36.4 Å². The Morgan fingerprint density at radius 1 is 1.00 bits per heavy atom. The van der Waals surface area contributed by atoms with Crippen molar-refractivity contribution in [3.05, 3.63) is 83.9 Å². The summed E-state index contributed by atoms with van der Waals surface area (Å²) >= 11 is 1.50. The molecule has 1 atom stereocenters. The lowest BCUT2D eigenvalue weighted by atomic mass is 10.1. The number of benzene rings is 3. The van der Waals surface area contributed by atoms with Gasteiger partial charge in [0.05, 0.1) is 0 Å². The van der Waals surface area contributed by atoms with Crippen molar-refractivity contribution in [1.29, 1.82) is 0 Å². The molecule has 3 aromatic carbocycles. The van der Waals surface area contributed by atoms with E-state index in [1.54, 1.807) is 0 Å². The molecule has 1 aliphatic rings. The summed E-state index contributed by atoms with van der Waals surface area (Å²) in [5, 5.41) is 2.68. The van der Waals surface area contributed by atoms with E-state index in [1.807, 2.05) is 72.8 Å². The molecule has 1 amide bonds. The van der Waals surface area contributed by atoms with Gasteiger partial charge in [-0.25, -0.2) is 0 Å². The average molecular weight is 392 g/mol. The molecule has 4 rings (SSSR count). The summed E-state index contributed by atoms with van der Waals surface area (Å²) in [6.07, 6.45) is 0. The molecule has 1 unspecified atom stereocenters. The highest BCUT2D eigenvalue weighted by Gasteiger charge is 2.22. The Balaban J connectivity index is 1.49. The lowest BCUT2D eigenvalue weighted by Crippen LogP contribution is -2.27. The van der Waals surface area contributed by atoms with Gasteiger partial charge < -0.3 is 20.5 Å². The third-order valence-corrected chi connectivity index (χ3v) is 5.64. The SMILES string of the molecule is Nc1ccc(SC(C(=O)NCc2ccc3c(c2)OCO3)c2ccccc2)cc1. The average Bonchev–Trinajstić information content (AvgIpc) is 3.20. The van der Waals surface area contributed by atoms with Crippen LogP contribution >= 0.6 is 11.8 Å². The predicted octanol–water partition coefficient (Wildman–Crippen LogP) is 4.15. The second-order valence-corrected chi connectivity index (χ2v) is 7.56. The smallest absolute Gasteiger partial charge is 0.238 e. The summed E-state index contributed by atoms with van der Waals surface area (Å²) in [4.78, 5) is 14.0. The second kappa shape index (κ2) is 8.27. The van der Waals surface area contributed by atoms with Crippen LogP contribution in [-0.2, 0) is 11.3 Å². The molecule has 6 heteroatoms. The first kappa shape index (κ1) is 18.3. The van der Waals surface area contributed by atoms with Crippen LogP contribution in [0.1, 0.15) is 16.4 Å².